The topological polar surface area (TPSA) is 65.4 Å². The van der Waals surface area contributed by atoms with Crippen LogP contribution in [0.15, 0.2) is 17.3 Å². The molecule has 1 aromatic heterocycles. The maximum Gasteiger partial charge on any atom is 0.433 e. The Morgan fingerprint density at radius 1 is 1.42 bits per heavy atom. The summed E-state index contributed by atoms with van der Waals surface area (Å²) in [6.07, 6.45) is -1.01. The van der Waals surface area contributed by atoms with Crippen molar-refractivity contribution in [3.05, 3.63) is 18.0 Å². The summed E-state index contributed by atoms with van der Waals surface area (Å²) in [4.78, 5) is 14.1. The second-order valence-electron chi connectivity index (χ2n) is 6.12. The van der Waals surface area contributed by atoms with Gasteiger partial charge in [-0.3, -0.25) is 4.99 Å². The Hall–Kier alpha value is -1.33. The number of likely N-dealkylation sites (tertiary alicyclic amines) is 1. The molecule has 2 rings (SSSR count). The summed E-state index contributed by atoms with van der Waals surface area (Å²) in [5.41, 5.74) is -0.954. The molecular weight excluding hydrogens is 460 g/mol. The first kappa shape index (κ1) is 22.7. The van der Waals surface area contributed by atoms with Crippen LogP contribution in [-0.4, -0.2) is 53.6 Å². The fourth-order valence-corrected chi connectivity index (χ4v) is 2.74. The molecule has 0 aromatic carbocycles. The summed E-state index contributed by atoms with van der Waals surface area (Å²) < 4.78 is 37.9. The maximum atomic E-state index is 12.6. The Kier molecular flexibility index (Phi) is 9.37. The Morgan fingerprint density at radius 3 is 2.85 bits per heavy atom. The van der Waals surface area contributed by atoms with Crippen LogP contribution in [0.25, 0.3) is 0 Å². The third-order valence-corrected chi connectivity index (χ3v) is 3.89. The number of aromatic nitrogens is 2. The number of halogens is 4. The molecule has 0 amide bonds. The number of nitrogens with zero attached hydrogens (tertiary/aromatic N) is 4. The van der Waals surface area contributed by atoms with Gasteiger partial charge in [0, 0.05) is 32.4 Å². The third-order valence-electron chi connectivity index (χ3n) is 3.89. The van der Waals surface area contributed by atoms with E-state index in [9.17, 15) is 13.2 Å². The first-order chi connectivity index (χ1) is 11.9. The molecule has 1 aliphatic rings. The van der Waals surface area contributed by atoms with E-state index in [1.54, 1.807) is 0 Å². The highest BCUT2D eigenvalue weighted by atomic mass is 127. The van der Waals surface area contributed by atoms with Gasteiger partial charge in [0.25, 0.3) is 0 Å². The van der Waals surface area contributed by atoms with Crippen molar-refractivity contribution in [3.8, 4) is 0 Å². The molecule has 26 heavy (non-hydrogen) atoms. The van der Waals surface area contributed by atoms with Crippen LogP contribution in [0, 0.1) is 5.92 Å². The number of hydrogen-bond donors (Lipinski definition) is 2. The molecule has 6 nitrogen and oxygen atoms in total. The lowest BCUT2D eigenvalue weighted by Crippen LogP contribution is -2.46. The Bertz CT molecular complexity index is 581. The van der Waals surface area contributed by atoms with Crippen molar-refractivity contribution in [2.45, 2.75) is 32.9 Å². The number of aliphatic imine (C=N–C) groups is 1. The van der Waals surface area contributed by atoms with Crippen molar-refractivity contribution in [1.82, 2.24) is 20.2 Å². The van der Waals surface area contributed by atoms with Gasteiger partial charge in [-0.25, -0.2) is 9.97 Å². The predicted octanol–water partition coefficient (Wildman–Crippen LogP) is 3.22. The Morgan fingerprint density at radius 2 is 2.19 bits per heavy atom. The molecule has 10 heteroatoms. The van der Waals surface area contributed by atoms with Crippen LogP contribution in [0.2, 0.25) is 0 Å². The molecule has 1 fully saturated rings. The molecule has 2 heterocycles. The van der Waals surface area contributed by atoms with E-state index in [0.29, 0.717) is 19.0 Å². The average Bonchev–Trinajstić information content (AvgIpc) is 2.57. The van der Waals surface area contributed by atoms with E-state index in [2.05, 4.69) is 37.4 Å². The van der Waals surface area contributed by atoms with Crippen molar-refractivity contribution in [2.24, 2.45) is 10.9 Å². The number of alkyl halides is 3. The molecule has 1 aliphatic heterocycles. The van der Waals surface area contributed by atoms with Crippen LogP contribution in [0.5, 0.6) is 0 Å². The van der Waals surface area contributed by atoms with Crippen LogP contribution < -0.4 is 10.6 Å². The van der Waals surface area contributed by atoms with Gasteiger partial charge in [0.05, 0.1) is 6.54 Å². The summed E-state index contributed by atoms with van der Waals surface area (Å²) in [6.45, 7) is 7.73. The zero-order valence-corrected chi connectivity index (χ0v) is 17.3. The summed E-state index contributed by atoms with van der Waals surface area (Å²) >= 11 is 0. The smallest absolute Gasteiger partial charge is 0.357 e. The summed E-state index contributed by atoms with van der Waals surface area (Å²) in [5, 5.41) is 6.06. The molecule has 1 unspecified atom stereocenters. The molecule has 1 aromatic rings. The van der Waals surface area contributed by atoms with Gasteiger partial charge in [0.2, 0.25) is 5.95 Å². The SMILES string of the molecule is CCNC(=NCCNc1nccc(C(F)(F)F)n1)N1CCCC(C)C1.I. The van der Waals surface area contributed by atoms with Gasteiger partial charge in [-0.15, -0.1) is 24.0 Å². The van der Waals surface area contributed by atoms with Crippen LogP contribution in [-0.2, 0) is 6.18 Å². The van der Waals surface area contributed by atoms with Gasteiger partial charge in [-0.05, 0) is 31.7 Å². The molecular formula is C16H26F3IN6. The van der Waals surface area contributed by atoms with Crippen molar-refractivity contribution >= 4 is 35.9 Å². The molecule has 148 valence electrons. The van der Waals surface area contributed by atoms with Crippen LogP contribution in [0.1, 0.15) is 32.4 Å². The molecule has 0 spiro atoms. The van der Waals surface area contributed by atoms with Crippen LogP contribution >= 0.6 is 24.0 Å². The number of anilines is 1. The van der Waals surface area contributed by atoms with Crippen LogP contribution in [0.4, 0.5) is 19.1 Å². The minimum Gasteiger partial charge on any atom is -0.357 e. The molecule has 0 radical (unpaired) electrons. The molecule has 0 bridgehead atoms. The third kappa shape index (κ3) is 7.12. The van der Waals surface area contributed by atoms with Crippen molar-refractivity contribution < 1.29 is 13.2 Å². The standard InChI is InChI=1S/C16H25F3N6.HI/c1-3-20-15(25-10-4-5-12(2)11-25)23-9-8-22-14-21-7-6-13(24-14)16(17,18)19;/h6-7,12H,3-5,8-11H2,1-2H3,(H,20,23)(H,21,22,24);1H. The fourth-order valence-electron chi connectivity index (χ4n) is 2.74. The highest BCUT2D eigenvalue weighted by Crippen LogP contribution is 2.27. The van der Waals surface area contributed by atoms with Crippen molar-refractivity contribution in [3.63, 3.8) is 0 Å². The maximum absolute atomic E-state index is 12.6. The monoisotopic (exact) mass is 486 g/mol. The van der Waals surface area contributed by atoms with Gasteiger partial charge in [-0.2, -0.15) is 13.2 Å². The summed E-state index contributed by atoms with van der Waals surface area (Å²) in [6, 6.07) is 0.851. The van der Waals surface area contributed by atoms with E-state index in [4.69, 9.17) is 0 Å². The largest absolute Gasteiger partial charge is 0.433 e. The average molecular weight is 486 g/mol. The highest BCUT2D eigenvalue weighted by molar-refractivity contribution is 14.0. The first-order valence-corrected chi connectivity index (χ1v) is 8.57. The Balaban J connectivity index is 0.00000338. The number of hydrogen-bond acceptors (Lipinski definition) is 4. The minimum atomic E-state index is -4.47. The van der Waals surface area contributed by atoms with Gasteiger partial charge in [0.15, 0.2) is 5.96 Å². The molecule has 1 atom stereocenters. The van der Waals surface area contributed by atoms with E-state index in [-0.39, 0.29) is 29.9 Å². The number of nitrogens with one attached hydrogen (secondary N) is 2. The predicted molar refractivity (Wildman–Crippen MR) is 107 cm³/mol. The highest BCUT2D eigenvalue weighted by Gasteiger charge is 2.32. The lowest BCUT2D eigenvalue weighted by Gasteiger charge is -2.33. The summed E-state index contributed by atoms with van der Waals surface area (Å²) in [7, 11) is 0. The van der Waals surface area contributed by atoms with E-state index in [1.807, 2.05) is 6.92 Å². The van der Waals surface area contributed by atoms with Crippen molar-refractivity contribution in [1.29, 1.82) is 0 Å². The quantitative estimate of drug-likeness (QED) is 0.290. The fraction of sp³-hybridized carbons (Fsp3) is 0.688. The molecule has 0 aliphatic carbocycles. The zero-order chi connectivity index (χ0) is 18.3. The van der Waals surface area contributed by atoms with E-state index < -0.39 is 11.9 Å². The second kappa shape index (κ2) is 10.7. The number of piperidine rings is 1. The van der Waals surface area contributed by atoms with Gasteiger partial charge in [-0.1, -0.05) is 6.92 Å². The number of rotatable bonds is 5. The number of guanidine groups is 1. The molecule has 1 saturated heterocycles. The second-order valence-corrected chi connectivity index (χ2v) is 6.12. The van der Waals surface area contributed by atoms with Gasteiger partial charge in [0.1, 0.15) is 5.69 Å². The molecule has 0 saturated carbocycles. The van der Waals surface area contributed by atoms with Crippen LogP contribution in [0.3, 0.4) is 0 Å². The zero-order valence-electron chi connectivity index (χ0n) is 15.0. The summed E-state index contributed by atoms with van der Waals surface area (Å²) in [5.74, 6) is 1.44. The Labute approximate surface area is 169 Å². The lowest BCUT2D eigenvalue weighted by atomic mass is 10.0. The molecule has 2 N–H and O–H groups in total. The lowest BCUT2D eigenvalue weighted by molar-refractivity contribution is -0.141. The van der Waals surface area contributed by atoms with Gasteiger partial charge >= 0.3 is 6.18 Å². The minimum absolute atomic E-state index is 0. The van der Waals surface area contributed by atoms with Crippen molar-refractivity contribution in [2.75, 3.05) is 38.0 Å². The normalized spacial score (nSPS) is 18.3. The van der Waals surface area contributed by atoms with E-state index in [1.165, 1.54) is 6.42 Å². The van der Waals surface area contributed by atoms with Gasteiger partial charge < -0.3 is 15.5 Å². The van der Waals surface area contributed by atoms with E-state index >= 15 is 0 Å². The van der Waals surface area contributed by atoms with E-state index in [0.717, 1.165) is 44.3 Å². The first-order valence-electron chi connectivity index (χ1n) is 8.57.